The van der Waals surface area contributed by atoms with Gasteiger partial charge in [-0.3, -0.25) is 4.79 Å². The van der Waals surface area contributed by atoms with Crippen LogP contribution in [0.5, 0.6) is 0 Å². The summed E-state index contributed by atoms with van der Waals surface area (Å²) >= 11 is 6.27. The Morgan fingerprint density at radius 3 is 2.44 bits per heavy atom. The van der Waals surface area contributed by atoms with Crippen LogP contribution in [0.2, 0.25) is 5.02 Å². The number of para-hydroxylation sites is 1. The largest absolute Gasteiger partial charge is 0.456 e. The van der Waals surface area contributed by atoms with Gasteiger partial charge in [0, 0.05) is 35.1 Å². The zero-order chi connectivity index (χ0) is 24.0. The van der Waals surface area contributed by atoms with Crippen LogP contribution in [0.3, 0.4) is 0 Å². The summed E-state index contributed by atoms with van der Waals surface area (Å²) in [6.07, 6.45) is -0.476. The minimum absolute atomic E-state index is 0.0645. The SMILES string of the molecule is CC1CN(S(=O)(=O)c2cc(C(=O)Nc3ccc4oc5ccccc5c4c3)ccc2Cl)CC(C)O1. The molecule has 1 aromatic heterocycles. The molecule has 0 spiro atoms. The molecule has 1 N–H and O–H groups in total. The molecule has 1 saturated heterocycles. The molecule has 34 heavy (non-hydrogen) atoms. The van der Waals surface area contributed by atoms with Crippen LogP contribution < -0.4 is 5.32 Å². The number of ether oxygens (including phenoxy) is 1. The molecule has 1 amide bonds. The van der Waals surface area contributed by atoms with Crippen LogP contribution in [0.15, 0.2) is 70.0 Å². The molecule has 3 aromatic carbocycles. The summed E-state index contributed by atoms with van der Waals surface area (Å²) in [5.41, 5.74) is 2.24. The first-order valence-electron chi connectivity index (χ1n) is 10.9. The van der Waals surface area contributed by atoms with Crippen LogP contribution in [-0.4, -0.2) is 43.9 Å². The van der Waals surface area contributed by atoms with Gasteiger partial charge < -0.3 is 14.5 Å². The van der Waals surface area contributed by atoms with E-state index < -0.39 is 15.9 Å². The number of nitrogens with one attached hydrogen (secondary N) is 1. The highest BCUT2D eigenvalue weighted by atomic mass is 35.5. The molecule has 1 fully saturated rings. The van der Waals surface area contributed by atoms with Gasteiger partial charge in [-0.15, -0.1) is 0 Å². The Bertz CT molecular complexity index is 1500. The van der Waals surface area contributed by atoms with Crippen LogP contribution in [0.25, 0.3) is 21.9 Å². The van der Waals surface area contributed by atoms with E-state index in [0.717, 1.165) is 16.4 Å². The maximum Gasteiger partial charge on any atom is 0.255 e. The van der Waals surface area contributed by atoms with Gasteiger partial charge in [-0.25, -0.2) is 8.42 Å². The van der Waals surface area contributed by atoms with Crippen molar-refractivity contribution in [3.8, 4) is 0 Å². The molecule has 9 heteroatoms. The number of benzene rings is 3. The van der Waals surface area contributed by atoms with Crippen molar-refractivity contribution in [2.24, 2.45) is 0 Å². The van der Waals surface area contributed by atoms with Crippen molar-refractivity contribution in [1.29, 1.82) is 0 Å². The van der Waals surface area contributed by atoms with Crippen LogP contribution >= 0.6 is 11.6 Å². The lowest BCUT2D eigenvalue weighted by molar-refractivity contribution is -0.0440. The Kier molecular flexibility index (Phi) is 5.85. The quantitative estimate of drug-likeness (QED) is 0.413. The first kappa shape index (κ1) is 22.9. The summed E-state index contributed by atoms with van der Waals surface area (Å²) in [6, 6.07) is 17.3. The molecule has 1 aliphatic heterocycles. The number of amides is 1. The third kappa shape index (κ3) is 4.18. The highest BCUT2D eigenvalue weighted by molar-refractivity contribution is 7.89. The predicted molar refractivity (Wildman–Crippen MR) is 132 cm³/mol. The van der Waals surface area contributed by atoms with Gasteiger partial charge in [0.05, 0.1) is 17.2 Å². The van der Waals surface area contributed by atoms with E-state index in [-0.39, 0.29) is 40.8 Å². The zero-order valence-electron chi connectivity index (χ0n) is 18.6. The Morgan fingerprint density at radius 2 is 1.68 bits per heavy atom. The smallest absolute Gasteiger partial charge is 0.255 e. The van der Waals surface area contributed by atoms with E-state index in [1.165, 1.54) is 22.5 Å². The first-order chi connectivity index (χ1) is 16.2. The van der Waals surface area contributed by atoms with Gasteiger partial charge in [0.25, 0.3) is 5.91 Å². The van der Waals surface area contributed by atoms with Gasteiger partial charge in [0.2, 0.25) is 10.0 Å². The van der Waals surface area contributed by atoms with Crippen molar-refractivity contribution in [3.63, 3.8) is 0 Å². The van der Waals surface area contributed by atoms with Gasteiger partial charge in [-0.1, -0.05) is 29.8 Å². The molecule has 0 bridgehead atoms. The summed E-state index contributed by atoms with van der Waals surface area (Å²) in [6.45, 7) is 4.09. The second kappa shape index (κ2) is 8.70. The summed E-state index contributed by atoms with van der Waals surface area (Å²) in [4.78, 5) is 12.9. The maximum absolute atomic E-state index is 13.3. The van der Waals surface area contributed by atoms with Gasteiger partial charge in [-0.05, 0) is 56.3 Å². The molecule has 1 aliphatic rings. The first-order valence-corrected chi connectivity index (χ1v) is 12.7. The van der Waals surface area contributed by atoms with E-state index in [9.17, 15) is 13.2 Å². The van der Waals surface area contributed by atoms with Gasteiger partial charge in [-0.2, -0.15) is 4.31 Å². The molecule has 0 aliphatic carbocycles. The minimum Gasteiger partial charge on any atom is -0.456 e. The fourth-order valence-electron chi connectivity index (χ4n) is 4.32. The number of hydrogen-bond donors (Lipinski definition) is 1. The highest BCUT2D eigenvalue weighted by Gasteiger charge is 2.34. The standard InChI is InChI=1S/C25H23ClN2O5S/c1-15-13-28(14-16(2)32-15)34(30,31)24-11-17(7-9-21(24)26)25(29)27-18-8-10-23-20(12-18)19-5-3-4-6-22(19)33-23/h3-12,15-16H,13-14H2,1-2H3,(H,27,29). The Morgan fingerprint density at radius 1 is 0.971 bits per heavy atom. The molecule has 2 heterocycles. The summed E-state index contributed by atoms with van der Waals surface area (Å²) < 4.78 is 39.5. The molecule has 2 atom stereocenters. The number of fused-ring (bicyclic) bond motifs is 3. The minimum atomic E-state index is -3.90. The monoisotopic (exact) mass is 498 g/mol. The van der Waals surface area contributed by atoms with Crippen molar-refractivity contribution < 1.29 is 22.4 Å². The lowest BCUT2D eigenvalue weighted by atomic mass is 10.1. The zero-order valence-corrected chi connectivity index (χ0v) is 20.2. The maximum atomic E-state index is 13.3. The molecule has 0 radical (unpaired) electrons. The van der Waals surface area contributed by atoms with Crippen LogP contribution in [-0.2, 0) is 14.8 Å². The fourth-order valence-corrected chi connectivity index (χ4v) is 6.41. The fraction of sp³-hybridized carbons (Fsp3) is 0.240. The van der Waals surface area contributed by atoms with Crippen molar-refractivity contribution >= 4 is 55.2 Å². The number of nitrogens with zero attached hydrogens (tertiary/aromatic N) is 1. The van der Waals surface area contributed by atoms with Crippen molar-refractivity contribution in [3.05, 3.63) is 71.2 Å². The lowest BCUT2D eigenvalue weighted by Crippen LogP contribution is -2.48. The van der Waals surface area contributed by atoms with Crippen molar-refractivity contribution in [1.82, 2.24) is 4.31 Å². The van der Waals surface area contributed by atoms with E-state index in [0.29, 0.717) is 11.3 Å². The molecular formula is C25H23ClN2O5S. The number of hydrogen-bond acceptors (Lipinski definition) is 5. The molecular weight excluding hydrogens is 476 g/mol. The second-order valence-corrected chi connectivity index (χ2v) is 10.8. The summed E-state index contributed by atoms with van der Waals surface area (Å²) in [7, 11) is -3.90. The molecule has 5 rings (SSSR count). The molecule has 176 valence electrons. The van der Waals surface area contributed by atoms with Crippen molar-refractivity contribution in [2.75, 3.05) is 18.4 Å². The van der Waals surface area contributed by atoms with E-state index in [2.05, 4.69) is 5.32 Å². The molecule has 4 aromatic rings. The van der Waals surface area contributed by atoms with E-state index >= 15 is 0 Å². The Hall–Kier alpha value is -2.91. The number of morpholine rings is 1. The second-order valence-electron chi connectivity index (χ2n) is 8.49. The van der Waals surface area contributed by atoms with E-state index in [1.54, 1.807) is 12.1 Å². The van der Waals surface area contributed by atoms with Crippen molar-refractivity contribution in [2.45, 2.75) is 31.0 Å². The third-order valence-electron chi connectivity index (χ3n) is 5.83. The molecule has 2 unspecified atom stereocenters. The number of halogens is 1. The summed E-state index contributed by atoms with van der Waals surface area (Å²) in [5.74, 6) is -0.441. The third-order valence-corrected chi connectivity index (χ3v) is 8.15. The Labute approximate surface area is 202 Å². The lowest BCUT2D eigenvalue weighted by Gasteiger charge is -2.34. The molecule has 0 saturated carbocycles. The summed E-state index contributed by atoms with van der Waals surface area (Å²) in [5, 5.41) is 4.73. The topological polar surface area (TPSA) is 88.9 Å². The number of carbonyl (C=O) groups is 1. The van der Waals surface area contributed by atoms with Gasteiger partial charge in [0.15, 0.2) is 0 Å². The number of anilines is 1. The van der Waals surface area contributed by atoms with Crippen LogP contribution in [0.4, 0.5) is 5.69 Å². The van der Waals surface area contributed by atoms with Gasteiger partial charge in [0.1, 0.15) is 16.1 Å². The number of rotatable bonds is 4. The van der Waals surface area contributed by atoms with Crippen LogP contribution in [0, 0.1) is 0 Å². The average Bonchev–Trinajstić information content (AvgIpc) is 3.16. The van der Waals surface area contributed by atoms with Gasteiger partial charge >= 0.3 is 0 Å². The average molecular weight is 499 g/mol. The number of carbonyl (C=O) groups excluding carboxylic acids is 1. The van der Waals surface area contributed by atoms with Crippen LogP contribution in [0.1, 0.15) is 24.2 Å². The number of sulfonamides is 1. The van der Waals surface area contributed by atoms with E-state index in [4.69, 9.17) is 20.8 Å². The highest BCUT2D eigenvalue weighted by Crippen LogP contribution is 2.31. The van der Waals surface area contributed by atoms with E-state index in [1.807, 2.05) is 44.2 Å². The Balaban J connectivity index is 1.44. The predicted octanol–water partition coefficient (Wildman–Crippen LogP) is 5.29. The molecule has 7 nitrogen and oxygen atoms in total. The number of furan rings is 1. The normalized spacial score (nSPS) is 19.5.